The minimum absolute atomic E-state index is 0.105. The zero-order chi connectivity index (χ0) is 12.5. The third-order valence-corrected chi connectivity index (χ3v) is 5.55. The fourth-order valence-corrected chi connectivity index (χ4v) is 4.28. The van der Waals surface area contributed by atoms with E-state index in [-0.39, 0.29) is 11.6 Å². The van der Waals surface area contributed by atoms with Crippen LogP contribution in [0.5, 0.6) is 0 Å². The minimum Gasteiger partial charge on any atom is -0.318 e. The van der Waals surface area contributed by atoms with Crippen molar-refractivity contribution in [3.8, 4) is 0 Å². The van der Waals surface area contributed by atoms with Crippen LogP contribution in [0.2, 0.25) is 0 Å². The van der Waals surface area contributed by atoms with E-state index in [2.05, 4.69) is 10.0 Å². The molecule has 2 rings (SSSR count). The first kappa shape index (κ1) is 13.3. The van der Waals surface area contributed by atoms with Crippen molar-refractivity contribution in [1.29, 1.82) is 0 Å². The molecule has 0 spiro atoms. The monoisotopic (exact) mass is 261 g/mol. The highest BCUT2D eigenvalue weighted by Gasteiger charge is 2.44. The smallest absolute Gasteiger partial charge is 0.280 e. The maximum absolute atomic E-state index is 12.3. The molecule has 2 N–H and O–H groups in total. The third-order valence-electron chi connectivity index (χ3n) is 3.70. The van der Waals surface area contributed by atoms with Gasteiger partial charge in [0.1, 0.15) is 0 Å². The standard InChI is InChI=1S/C11H23N3O2S/c1-11(6-7-11)13-17(15,16)14-8-4-3-5-10(14)9-12-2/h10,12-13H,3-9H2,1-2H3. The molecule has 17 heavy (non-hydrogen) atoms. The topological polar surface area (TPSA) is 61.4 Å². The normalized spacial score (nSPS) is 29.2. The summed E-state index contributed by atoms with van der Waals surface area (Å²) in [4.78, 5) is 0. The average Bonchev–Trinajstić information content (AvgIpc) is 2.96. The Labute approximate surface area is 104 Å². The lowest BCUT2D eigenvalue weighted by atomic mass is 10.1. The fourth-order valence-electron chi connectivity index (χ4n) is 2.39. The van der Waals surface area contributed by atoms with Crippen LogP contribution >= 0.6 is 0 Å². The molecule has 0 bridgehead atoms. The van der Waals surface area contributed by atoms with Crippen molar-refractivity contribution in [2.24, 2.45) is 0 Å². The molecule has 1 saturated carbocycles. The van der Waals surface area contributed by atoms with Gasteiger partial charge in [-0.2, -0.15) is 17.4 Å². The van der Waals surface area contributed by atoms with Gasteiger partial charge in [0.15, 0.2) is 0 Å². The van der Waals surface area contributed by atoms with Gasteiger partial charge in [-0.15, -0.1) is 0 Å². The molecular formula is C11H23N3O2S. The van der Waals surface area contributed by atoms with Crippen LogP contribution in [-0.2, 0) is 10.2 Å². The molecule has 0 aromatic rings. The zero-order valence-corrected chi connectivity index (χ0v) is 11.5. The molecule has 6 heteroatoms. The maximum atomic E-state index is 12.3. The highest BCUT2D eigenvalue weighted by molar-refractivity contribution is 7.87. The molecule has 0 radical (unpaired) electrons. The molecule has 1 atom stereocenters. The number of rotatable bonds is 5. The second-order valence-corrected chi connectivity index (χ2v) is 7.11. The predicted octanol–water partition coefficient (Wildman–Crippen LogP) is 0.447. The van der Waals surface area contributed by atoms with Gasteiger partial charge < -0.3 is 5.32 Å². The van der Waals surface area contributed by atoms with Crippen LogP contribution in [0.4, 0.5) is 0 Å². The summed E-state index contributed by atoms with van der Waals surface area (Å²) in [5, 5.41) is 3.08. The molecule has 1 aliphatic heterocycles. The van der Waals surface area contributed by atoms with Gasteiger partial charge in [0.2, 0.25) is 0 Å². The Morgan fingerprint density at radius 1 is 1.35 bits per heavy atom. The van der Waals surface area contributed by atoms with Crippen LogP contribution < -0.4 is 10.0 Å². The number of nitrogens with zero attached hydrogens (tertiary/aromatic N) is 1. The molecular weight excluding hydrogens is 238 g/mol. The summed E-state index contributed by atoms with van der Waals surface area (Å²) in [6, 6.07) is 0.105. The number of hydrogen-bond acceptors (Lipinski definition) is 3. The van der Waals surface area contributed by atoms with Crippen molar-refractivity contribution >= 4 is 10.2 Å². The Balaban J connectivity index is 2.06. The van der Waals surface area contributed by atoms with Crippen molar-refractivity contribution in [1.82, 2.24) is 14.3 Å². The number of likely N-dealkylation sites (N-methyl/N-ethyl adjacent to an activating group) is 1. The molecule has 2 aliphatic rings. The molecule has 100 valence electrons. The summed E-state index contributed by atoms with van der Waals surface area (Å²) in [5.41, 5.74) is -0.180. The Hall–Kier alpha value is -0.170. The number of piperidine rings is 1. The molecule has 1 aliphatic carbocycles. The minimum atomic E-state index is -3.31. The lowest BCUT2D eigenvalue weighted by molar-refractivity contribution is 0.244. The van der Waals surface area contributed by atoms with Gasteiger partial charge in [-0.05, 0) is 39.7 Å². The van der Waals surface area contributed by atoms with Crippen molar-refractivity contribution in [3.05, 3.63) is 0 Å². The lowest BCUT2D eigenvalue weighted by Crippen LogP contribution is -2.54. The summed E-state index contributed by atoms with van der Waals surface area (Å²) >= 11 is 0. The largest absolute Gasteiger partial charge is 0.318 e. The van der Waals surface area contributed by atoms with Crippen LogP contribution in [0.15, 0.2) is 0 Å². The van der Waals surface area contributed by atoms with E-state index in [9.17, 15) is 8.42 Å². The van der Waals surface area contributed by atoms with Crippen molar-refractivity contribution in [2.45, 2.75) is 50.6 Å². The maximum Gasteiger partial charge on any atom is 0.280 e. The second-order valence-electron chi connectivity index (χ2n) is 5.49. The van der Waals surface area contributed by atoms with Crippen LogP contribution in [-0.4, -0.2) is 44.4 Å². The molecule has 0 amide bonds. The van der Waals surface area contributed by atoms with E-state index in [1.165, 1.54) is 0 Å². The molecule has 1 unspecified atom stereocenters. The van der Waals surface area contributed by atoms with E-state index >= 15 is 0 Å². The van der Waals surface area contributed by atoms with Crippen molar-refractivity contribution < 1.29 is 8.42 Å². The molecule has 1 saturated heterocycles. The van der Waals surface area contributed by atoms with Crippen LogP contribution in [0.1, 0.15) is 39.0 Å². The number of hydrogen-bond donors (Lipinski definition) is 2. The van der Waals surface area contributed by atoms with E-state index in [0.717, 1.165) is 38.6 Å². The van der Waals surface area contributed by atoms with E-state index in [4.69, 9.17) is 0 Å². The average molecular weight is 261 g/mol. The molecule has 0 aromatic heterocycles. The Kier molecular flexibility index (Phi) is 3.77. The fraction of sp³-hybridized carbons (Fsp3) is 1.00. The number of nitrogens with one attached hydrogen (secondary N) is 2. The van der Waals surface area contributed by atoms with Crippen LogP contribution in [0, 0.1) is 0 Å². The molecule has 2 fully saturated rings. The van der Waals surface area contributed by atoms with Gasteiger partial charge in [-0.3, -0.25) is 0 Å². The van der Waals surface area contributed by atoms with E-state index < -0.39 is 10.2 Å². The predicted molar refractivity (Wildman–Crippen MR) is 68.0 cm³/mol. The van der Waals surface area contributed by atoms with Crippen LogP contribution in [0.25, 0.3) is 0 Å². The Bertz CT molecular complexity index is 363. The Morgan fingerprint density at radius 3 is 2.65 bits per heavy atom. The van der Waals surface area contributed by atoms with E-state index in [1.54, 1.807) is 4.31 Å². The molecule has 1 heterocycles. The first-order valence-electron chi connectivity index (χ1n) is 6.42. The van der Waals surface area contributed by atoms with Crippen molar-refractivity contribution in [2.75, 3.05) is 20.1 Å². The van der Waals surface area contributed by atoms with E-state index in [1.807, 2.05) is 14.0 Å². The highest BCUT2D eigenvalue weighted by atomic mass is 32.2. The van der Waals surface area contributed by atoms with Gasteiger partial charge in [0.05, 0.1) is 0 Å². The zero-order valence-electron chi connectivity index (χ0n) is 10.7. The summed E-state index contributed by atoms with van der Waals surface area (Å²) < 4.78 is 29.1. The van der Waals surface area contributed by atoms with Crippen LogP contribution in [0.3, 0.4) is 0 Å². The first-order chi connectivity index (χ1) is 7.97. The van der Waals surface area contributed by atoms with Gasteiger partial charge in [-0.25, -0.2) is 0 Å². The van der Waals surface area contributed by atoms with Gasteiger partial charge in [0.25, 0.3) is 10.2 Å². The first-order valence-corrected chi connectivity index (χ1v) is 7.86. The molecule has 0 aromatic carbocycles. The summed E-state index contributed by atoms with van der Waals surface area (Å²) in [5.74, 6) is 0. The van der Waals surface area contributed by atoms with Gasteiger partial charge in [0, 0.05) is 24.7 Å². The van der Waals surface area contributed by atoms with E-state index in [0.29, 0.717) is 6.54 Å². The summed E-state index contributed by atoms with van der Waals surface area (Å²) in [6.07, 6.45) is 4.96. The third kappa shape index (κ3) is 3.19. The summed E-state index contributed by atoms with van der Waals surface area (Å²) in [6.45, 7) is 3.36. The second kappa shape index (κ2) is 4.84. The van der Waals surface area contributed by atoms with Gasteiger partial charge >= 0.3 is 0 Å². The SMILES string of the molecule is CNCC1CCCCN1S(=O)(=O)NC1(C)CC1. The summed E-state index contributed by atoms with van der Waals surface area (Å²) in [7, 11) is -1.44. The molecule has 5 nitrogen and oxygen atoms in total. The quantitative estimate of drug-likeness (QED) is 0.755. The van der Waals surface area contributed by atoms with Crippen molar-refractivity contribution in [3.63, 3.8) is 0 Å². The lowest BCUT2D eigenvalue weighted by Gasteiger charge is -2.35. The van der Waals surface area contributed by atoms with Gasteiger partial charge in [-0.1, -0.05) is 6.42 Å². The highest BCUT2D eigenvalue weighted by Crippen LogP contribution is 2.36. The Morgan fingerprint density at radius 2 is 2.06 bits per heavy atom.